The predicted molar refractivity (Wildman–Crippen MR) is 69.2 cm³/mol. The van der Waals surface area contributed by atoms with Crippen LogP contribution in [0.25, 0.3) is 0 Å². The second-order valence-corrected chi connectivity index (χ2v) is 4.36. The van der Waals surface area contributed by atoms with Crippen LogP contribution in [0, 0.1) is 13.8 Å². The molecule has 0 bridgehead atoms. The molecule has 1 rings (SSSR count). The topological polar surface area (TPSA) is 49.3 Å². The standard InChI is InChI=1S/C14H21NO2/c1-11-6-7-13(12(2)10-11)14(17)15-8-4-3-5-9-16/h6-7,10,16H,3-5,8-9H2,1-2H3,(H,15,17). The third kappa shape index (κ3) is 4.57. The molecule has 0 unspecified atom stereocenters. The van der Waals surface area contributed by atoms with Crippen LogP contribution in [0.2, 0.25) is 0 Å². The van der Waals surface area contributed by atoms with Gasteiger partial charge < -0.3 is 10.4 Å². The highest BCUT2D eigenvalue weighted by Crippen LogP contribution is 2.10. The minimum Gasteiger partial charge on any atom is -0.396 e. The fourth-order valence-electron chi connectivity index (χ4n) is 1.78. The number of rotatable bonds is 6. The number of aryl methyl sites for hydroxylation is 2. The maximum absolute atomic E-state index is 11.8. The summed E-state index contributed by atoms with van der Waals surface area (Å²) >= 11 is 0. The Hall–Kier alpha value is -1.35. The number of unbranched alkanes of at least 4 members (excludes halogenated alkanes) is 2. The van der Waals surface area contributed by atoms with Crippen molar-refractivity contribution in [2.75, 3.05) is 13.2 Å². The summed E-state index contributed by atoms with van der Waals surface area (Å²) in [5.41, 5.74) is 2.93. The number of nitrogens with one attached hydrogen (secondary N) is 1. The first-order valence-electron chi connectivity index (χ1n) is 6.11. The van der Waals surface area contributed by atoms with Gasteiger partial charge in [-0.05, 0) is 44.7 Å². The van der Waals surface area contributed by atoms with Gasteiger partial charge in [-0.25, -0.2) is 0 Å². The van der Waals surface area contributed by atoms with Crippen LogP contribution >= 0.6 is 0 Å². The van der Waals surface area contributed by atoms with Crippen molar-refractivity contribution >= 4 is 5.91 Å². The van der Waals surface area contributed by atoms with Gasteiger partial charge in [0, 0.05) is 18.7 Å². The van der Waals surface area contributed by atoms with Crippen LogP contribution in [-0.4, -0.2) is 24.2 Å². The summed E-state index contributed by atoms with van der Waals surface area (Å²) in [7, 11) is 0. The lowest BCUT2D eigenvalue weighted by atomic mass is 10.1. The van der Waals surface area contributed by atoms with E-state index in [0.717, 1.165) is 30.4 Å². The molecule has 0 saturated carbocycles. The zero-order valence-electron chi connectivity index (χ0n) is 10.6. The lowest BCUT2D eigenvalue weighted by molar-refractivity contribution is 0.0952. The Bertz CT molecular complexity index is 374. The molecule has 0 heterocycles. The van der Waals surface area contributed by atoms with Crippen LogP contribution in [0.1, 0.15) is 40.7 Å². The second kappa shape index (κ2) is 7.07. The van der Waals surface area contributed by atoms with E-state index in [9.17, 15) is 4.79 Å². The van der Waals surface area contributed by atoms with Gasteiger partial charge in [-0.1, -0.05) is 17.7 Å². The Kier molecular flexibility index (Phi) is 5.70. The Morgan fingerprint density at radius 1 is 1.24 bits per heavy atom. The molecule has 94 valence electrons. The quantitative estimate of drug-likeness (QED) is 0.743. The zero-order chi connectivity index (χ0) is 12.7. The summed E-state index contributed by atoms with van der Waals surface area (Å²) in [5, 5.41) is 11.5. The predicted octanol–water partition coefficient (Wildman–Crippen LogP) is 2.20. The van der Waals surface area contributed by atoms with Crippen molar-refractivity contribution in [1.29, 1.82) is 0 Å². The van der Waals surface area contributed by atoms with Gasteiger partial charge in [0.15, 0.2) is 0 Å². The molecule has 2 N–H and O–H groups in total. The van der Waals surface area contributed by atoms with Gasteiger partial charge in [-0.15, -0.1) is 0 Å². The third-order valence-corrected chi connectivity index (χ3v) is 2.75. The SMILES string of the molecule is Cc1ccc(C(=O)NCCCCCO)c(C)c1. The van der Waals surface area contributed by atoms with E-state index in [-0.39, 0.29) is 12.5 Å². The lowest BCUT2D eigenvalue weighted by Crippen LogP contribution is -2.25. The highest BCUT2D eigenvalue weighted by molar-refractivity contribution is 5.95. The van der Waals surface area contributed by atoms with Crippen molar-refractivity contribution in [2.24, 2.45) is 0 Å². The summed E-state index contributed by atoms with van der Waals surface area (Å²) in [4.78, 5) is 11.8. The van der Waals surface area contributed by atoms with E-state index in [1.54, 1.807) is 0 Å². The van der Waals surface area contributed by atoms with Crippen molar-refractivity contribution in [2.45, 2.75) is 33.1 Å². The first kappa shape index (κ1) is 13.7. The van der Waals surface area contributed by atoms with E-state index in [2.05, 4.69) is 5.32 Å². The molecular weight excluding hydrogens is 214 g/mol. The summed E-state index contributed by atoms with van der Waals surface area (Å²) < 4.78 is 0. The van der Waals surface area contributed by atoms with Crippen molar-refractivity contribution in [3.63, 3.8) is 0 Å². The van der Waals surface area contributed by atoms with E-state index in [1.165, 1.54) is 5.56 Å². The van der Waals surface area contributed by atoms with Gasteiger partial charge in [0.25, 0.3) is 5.91 Å². The Balaban J connectivity index is 2.42. The Morgan fingerprint density at radius 2 is 2.00 bits per heavy atom. The van der Waals surface area contributed by atoms with Crippen LogP contribution < -0.4 is 5.32 Å². The number of aliphatic hydroxyl groups is 1. The van der Waals surface area contributed by atoms with Crippen molar-refractivity contribution in [3.8, 4) is 0 Å². The highest BCUT2D eigenvalue weighted by atomic mass is 16.2. The first-order chi connectivity index (χ1) is 8.15. The van der Waals surface area contributed by atoms with E-state index in [0.29, 0.717) is 6.54 Å². The number of carbonyl (C=O) groups excluding carboxylic acids is 1. The normalized spacial score (nSPS) is 10.3. The molecule has 0 aliphatic heterocycles. The largest absolute Gasteiger partial charge is 0.396 e. The van der Waals surface area contributed by atoms with Crippen molar-refractivity contribution in [1.82, 2.24) is 5.32 Å². The number of benzene rings is 1. The minimum absolute atomic E-state index is 0.00787. The maximum atomic E-state index is 11.8. The monoisotopic (exact) mass is 235 g/mol. The van der Waals surface area contributed by atoms with Gasteiger partial charge >= 0.3 is 0 Å². The highest BCUT2D eigenvalue weighted by Gasteiger charge is 2.07. The molecule has 0 aromatic heterocycles. The lowest BCUT2D eigenvalue weighted by Gasteiger charge is -2.08. The molecule has 0 aliphatic carbocycles. The maximum Gasteiger partial charge on any atom is 0.251 e. The average Bonchev–Trinajstić information content (AvgIpc) is 2.28. The fraction of sp³-hybridized carbons (Fsp3) is 0.500. The number of hydrogen-bond acceptors (Lipinski definition) is 2. The summed E-state index contributed by atoms with van der Waals surface area (Å²) in [5.74, 6) is -0.00787. The smallest absolute Gasteiger partial charge is 0.251 e. The van der Waals surface area contributed by atoms with Crippen LogP contribution in [0.15, 0.2) is 18.2 Å². The van der Waals surface area contributed by atoms with Crippen LogP contribution in [0.4, 0.5) is 0 Å². The van der Waals surface area contributed by atoms with E-state index in [1.807, 2.05) is 32.0 Å². The summed E-state index contributed by atoms with van der Waals surface area (Å²) in [6, 6.07) is 5.84. The molecule has 0 atom stereocenters. The third-order valence-electron chi connectivity index (χ3n) is 2.75. The Labute approximate surface area is 103 Å². The van der Waals surface area contributed by atoms with Gasteiger partial charge in [0.1, 0.15) is 0 Å². The molecule has 1 aromatic rings. The van der Waals surface area contributed by atoms with Crippen LogP contribution in [0.5, 0.6) is 0 Å². The zero-order valence-corrected chi connectivity index (χ0v) is 10.6. The fourth-order valence-corrected chi connectivity index (χ4v) is 1.78. The molecule has 0 radical (unpaired) electrons. The first-order valence-corrected chi connectivity index (χ1v) is 6.11. The molecule has 0 aliphatic rings. The van der Waals surface area contributed by atoms with Crippen LogP contribution in [0.3, 0.4) is 0 Å². The number of carbonyl (C=O) groups is 1. The number of amides is 1. The number of aliphatic hydroxyl groups excluding tert-OH is 1. The molecule has 1 amide bonds. The minimum atomic E-state index is -0.00787. The van der Waals surface area contributed by atoms with Crippen molar-refractivity contribution < 1.29 is 9.90 Å². The number of hydrogen-bond donors (Lipinski definition) is 2. The van der Waals surface area contributed by atoms with Gasteiger partial charge in [0.2, 0.25) is 0 Å². The molecule has 0 fully saturated rings. The molecule has 0 saturated heterocycles. The molecule has 0 spiro atoms. The summed E-state index contributed by atoms with van der Waals surface area (Å²) in [6.45, 7) is 4.87. The Morgan fingerprint density at radius 3 is 2.65 bits per heavy atom. The average molecular weight is 235 g/mol. The molecule has 1 aromatic carbocycles. The molecule has 3 heteroatoms. The van der Waals surface area contributed by atoms with E-state index in [4.69, 9.17) is 5.11 Å². The van der Waals surface area contributed by atoms with E-state index >= 15 is 0 Å². The van der Waals surface area contributed by atoms with Crippen molar-refractivity contribution in [3.05, 3.63) is 34.9 Å². The van der Waals surface area contributed by atoms with Gasteiger partial charge in [-0.2, -0.15) is 0 Å². The van der Waals surface area contributed by atoms with Gasteiger partial charge in [-0.3, -0.25) is 4.79 Å². The van der Waals surface area contributed by atoms with Crippen LogP contribution in [-0.2, 0) is 0 Å². The molecular formula is C14H21NO2. The molecule has 3 nitrogen and oxygen atoms in total. The van der Waals surface area contributed by atoms with E-state index < -0.39 is 0 Å². The molecule has 17 heavy (non-hydrogen) atoms. The summed E-state index contributed by atoms with van der Waals surface area (Å²) in [6.07, 6.45) is 2.67. The second-order valence-electron chi connectivity index (χ2n) is 4.36. The van der Waals surface area contributed by atoms with Gasteiger partial charge in [0.05, 0.1) is 0 Å².